The lowest BCUT2D eigenvalue weighted by atomic mass is 10.1. The number of aromatic nitrogens is 2. The first-order chi connectivity index (χ1) is 9.83. The Balaban J connectivity index is 1.76. The highest BCUT2D eigenvalue weighted by Crippen LogP contribution is 2.21. The quantitative estimate of drug-likeness (QED) is 0.891. The Hall–Kier alpha value is -2.27. The van der Waals surface area contributed by atoms with E-state index < -0.39 is 0 Å². The molecule has 1 amide bonds. The molecule has 1 aromatic carbocycles. The van der Waals surface area contributed by atoms with Gasteiger partial charge >= 0.3 is 0 Å². The van der Waals surface area contributed by atoms with Gasteiger partial charge in [0.25, 0.3) is 0 Å². The highest BCUT2D eigenvalue weighted by atomic mass is 16.2. The van der Waals surface area contributed by atoms with E-state index in [2.05, 4.69) is 20.6 Å². The second-order valence-electron chi connectivity index (χ2n) is 4.85. The smallest absolute Gasteiger partial charge is 0.241 e. The molecule has 102 valence electrons. The first kappa shape index (κ1) is 12.7. The van der Waals surface area contributed by atoms with Crippen molar-refractivity contribution in [2.75, 3.05) is 11.9 Å². The summed E-state index contributed by atoms with van der Waals surface area (Å²) < 4.78 is 0. The molecule has 2 heterocycles. The summed E-state index contributed by atoms with van der Waals surface area (Å²) in [6, 6.07) is 7.65. The molecule has 5 heteroatoms. The van der Waals surface area contributed by atoms with Crippen LogP contribution in [0.15, 0.2) is 43.0 Å². The number of carbonyl (C=O) groups is 1. The van der Waals surface area contributed by atoms with E-state index in [4.69, 9.17) is 0 Å². The van der Waals surface area contributed by atoms with Gasteiger partial charge in [-0.25, -0.2) is 9.97 Å². The van der Waals surface area contributed by atoms with Crippen LogP contribution in [0.25, 0.3) is 11.1 Å². The summed E-state index contributed by atoms with van der Waals surface area (Å²) in [5.41, 5.74) is 2.72. The Morgan fingerprint density at radius 2 is 2.10 bits per heavy atom. The normalized spacial score (nSPS) is 17.9. The minimum atomic E-state index is -0.0706. The Morgan fingerprint density at radius 1 is 1.25 bits per heavy atom. The number of hydrogen-bond acceptors (Lipinski definition) is 4. The molecule has 1 fully saturated rings. The molecular formula is C15H16N4O. The van der Waals surface area contributed by atoms with Gasteiger partial charge in [0.1, 0.15) is 6.33 Å². The first-order valence-electron chi connectivity index (χ1n) is 6.72. The van der Waals surface area contributed by atoms with Crippen LogP contribution in [0.1, 0.15) is 12.8 Å². The zero-order chi connectivity index (χ0) is 13.8. The van der Waals surface area contributed by atoms with E-state index >= 15 is 0 Å². The first-order valence-corrected chi connectivity index (χ1v) is 6.72. The lowest BCUT2D eigenvalue weighted by Crippen LogP contribution is -2.35. The number of anilines is 1. The third kappa shape index (κ3) is 2.83. The molecule has 0 spiro atoms. The molecule has 0 bridgehead atoms. The lowest BCUT2D eigenvalue weighted by Gasteiger charge is -2.12. The average Bonchev–Trinajstić information content (AvgIpc) is 3.03. The molecule has 0 saturated carbocycles. The summed E-state index contributed by atoms with van der Waals surface area (Å²) in [7, 11) is 0. The molecule has 5 nitrogen and oxygen atoms in total. The SMILES string of the molecule is O=C(Nc1cccc(-c2cncnc2)c1)C1CCCN1. The predicted octanol–water partition coefficient (Wildman–Crippen LogP) is 1.83. The summed E-state index contributed by atoms with van der Waals surface area (Å²) in [6.45, 7) is 0.916. The standard InChI is InChI=1S/C15H16N4O/c20-15(14-5-2-6-18-14)19-13-4-1-3-11(7-13)12-8-16-10-17-9-12/h1,3-4,7-10,14,18H,2,5-6H2,(H,19,20). The van der Waals surface area contributed by atoms with Crippen molar-refractivity contribution in [2.24, 2.45) is 0 Å². The minimum Gasteiger partial charge on any atom is -0.325 e. The number of hydrogen-bond donors (Lipinski definition) is 2. The van der Waals surface area contributed by atoms with Crippen LogP contribution in [0.5, 0.6) is 0 Å². The molecule has 1 atom stereocenters. The third-order valence-corrected chi connectivity index (χ3v) is 3.40. The van der Waals surface area contributed by atoms with Crippen LogP contribution >= 0.6 is 0 Å². The summed E-state index contributed by atoms with van der Waals surface area (Å²) in [6.07, 6.45) is 6.97. The van der Waals surface area contributed by atoms with Gasteiger partial charge < -0.3 is 10.6 Å². The zero-order valence-corrected chi connectivity index (χ0v) is 11.0. The second-order valence-corrected chi connectivity index (χ2v) is 4.85. The van der Waals surface area contributed by atoms with Gasteiger partial charge in [-0.2, -0.15) is 0 Å². The maximum absolute atomic E-state index is 12.1. The van der Waals surface area contributed by atoms with Gasteiger partial charge in [-0.15, -0.1) is 0 Å². The van der Waals surface area contributed by atoms with Crippen LogP contribution in [-0.2, 0) is 4.79 Å². The highest BCUT2D eigenvalue weighted by molar-refractivity contribution is 5.95. The number of benzene rings is 1. The third-order valence-electron chi connectivity index (χ3n) is 3.40. The van der Waals surface area contributed by atoms with Crippen molar-refractivity contribution in [1.29, 1.82) is 0 Å². The van der Waals surface area contributed by atoms with E-state index in [9.17, 15) is 4.79 Å². The molecule has 2 N–H and O–H groups in total. The average molecular weight is 268 g/mol. The van der Waals surface area contributed by atoms with Crippen molar-refractivity contribution in [3.05, 3.63) is 43.0 Å². The van der Waals surface area contributed by atoms with E-state index in [0.717, 1.165) is 36.2 Å². The number of amides is 1. The van der Waals surface area contributed by atoms with E-state index in [0.29, 0.717) is 0 Å². The van der Waals surface area contributed by atoms with Crippen LogP contribution < -0.4 is 10.6 Å². The van der Waals surface area contributed by atoms with Crippen molar-refractivity contribution in [3.8, 4) is 11.1 Å². The fourth-order valence-electron chi connectivity index (χ4n) is 2.36. The Kier molecular flexibility index (Phi) is 3.69. The second kappa shape index (κ2) is 5.79. The van der Waals surface area contributed by atoms with Gasteiger partial charge in [0.05, 0.1) is 6.04 Å². The number of nitrogens with zero attached hydrogens (tertiary/aromatic N) is 2. The minimum absolute atomic E-state index is 0.0314. The lowest BCUT2D eigenvalue weighted by molar-refractivity contribution is -0.117. The fourth-order valence-corrected chi connectivity index (χ4v) is 2.36. The van der Waals surface area contributed by atoms with Crippen molar-refractivity contribution >= 4 is 11.6 Å². The molecule has 1 aromatic heterocycles. The van der Waals surface area contributed by atoms with E-state index in [1.54, 1.807) is 12.4 Å². The van der Waals surface area contributed by atoms with Crippen LogP contribution in [0.4, 0.5) is 5.69 Å². The number of rotatable bonds is 3. The molecule has 2 aromatic rings. The molecule has 1 saturated heterocycles. The van der Waals surface area contributed by atoms with E-state index in [-0.39, 0.29) is 11.9 Å². The van der Waals surface area contributed by atoms with Crippen LogP contribution in [-0.4, -0.2) is 28.5 Å². The fraction of sp³-hybridized carbons (Fsp3) is 0.267. The van der Waals surface area contributed by atoms with Crippen molar-refractivity contribution < 1.29 is 4.79 Å². The van der Waals surface area contributed by atoms with E-state index in [1.807, 2.05) is 24.3 Å². The highest BCUT2D eigenvalue weighted by Gasteiger charge is 2.21. The zero-order valence-electron chi connectivity index (χ0n) is 11.0. The molecule has 1 aliphatic heterocycles. The van der Waals surface area contributed by atoms with Crippen molar-refractivity contribution in [2.45, 2.75) is 18.9 Å². The largest absolute Gasteiger partial charge is 0.325 e. The summed E-state index contributed by atoms with van der Waals surface area (Å²) in [4.78, 5) is 20.1. The van der Waals surface area contributed by atoms with Crippen LogP contribution in [0.3, 0.4) is 0 Å². The summed E-state index contributed by atoms with van der Waals surface area (Å²) >= 11 is 0. The van der Waals surface area contributed by atoms with Crippen LogP contribution in [0.2, 0.25) is 0 Å². The van der Waals surface area contributed by atoms with Gasteiger partial charge in [0.15, 0.2) is 0 Å². The van der Waals surface area contributed by atoms with Crippen molar-refractivity contribution in [3.63, 3.8) is 0 Å². The van der Waals surface area contributed by atoms with Gasteiger partial charge in [0, 0.05) is 23.6 Å². The monoisotopic (exact) mass is 268 g/mol. The molecule has 0 aliphatic carbocycles. The maximum atomic E-state index is 12.1. The topological polar surface area (TPSA) is 66.9 Å². The molecule has 20 heavy (non-hydrogen) atoms. The van der Waals surface area contributed by atoms with Crippen molar-refractivity contribution in [1.82, 2.24) is 15.3 Å². The number of nitrogens with one attached hydrogen (secondary N) is 2. The molecule has 0 radical (unpaired) electrons. The van der Waals surface area contributed by atoms with Gasteiger partial charge in [-0.05, 0) is 37.1 Å². The van der Waals surface area contributed by atoms with E-state index in [1.165, 1.54) is 6.33 Å². The van der Waals surface area contributed by atoms with Crippen LogP contribution in [0, 0.1) is 0 Å². The Bertz CT molecular complexity index is 594. The van der Waals surface area contributed by atoms with Gasteiger partial charge in [-0.3, -0.25) is 4.79 Å². The van der Waals surface area contributed by atoms with Gasteiger partial charge in [-0.1, -0.05) is 12.1 Å². The molecular weight excluding hydrogens is 252 g/mol. The van der Waals surface area contributed by atoms with Gasteiger partial charge in [0.2, 0.25) is 5.91 Å². The predicted molar refractivity (Wildman–Crippen MR) is 77.1 cm³/mol. The number of carbonyl (C=O) groups excluding carboxylic acids is 1. The Labute approximate surface area is 117 Å². The molecule has 1 unspecified atom stereocenters. The maximum Gasteiger partial charge on any atom is 0.241 e. The molecule has 3 rings (SSSR count). The molecule has 1 aliphatic rings. The summed E-state index contributed by atoms with van der Waals surface area (Å²) in [5, 5.41) is 6.14. The Morgan fingerprint density at radius 3 is 2.85 bits per heavy atom. The summed E-state index contributed by atoms with van der Waals surface area (Å²) in [5.74, 6) is 0.0314.